The van der Waals surface area contributed by atoms with Gasteiger partial charge in [0.25, 0.3) is 5.56 Å². The van der Waals surface area contributed by atoms with Gasteiger partial charge in [-0.1, -0.05) is 31.0 Å². The minimum Gasteiger partial charge on any atom is -0.487 e. The number of benzene rings is 1. The van der Waals surface area contributed by atoms with E-state index in [-0.39, 0.29) is 24.5 Å². The molecular weight excluding hydrogens is 438 g/mol. The molecule has 1 N–H and O–H groups in total. The van der Waals surface area contributed by atoms with E-state index >= 15 is 0 Å². The van der Waals surface area contributed by atoms with Crippen molar-refractivity contribution in [2.24, 2.45) is 0 Å². The molecule has 0 aliphatic rings. The number of carboxylic acid groups (broad SMARTS) is 1. The number of aromatic nitrogens is 3. The number of nitrogens with zero attached hydrogens (tertiary/aromatic N) is 3. The second-order valence-corrected chi connectivity index (χ2v) is 8.36. The number of carbonyl (C=O) groups is 1. The molecule has 0 aliphatic heterocycles. The van der Waals surface area contributed by atoms with Crippen molar-refractivity contribution in [3.05, 3.63) is 74.6 Å². The SMILES string of the molecule is CCCCOc1c(C(=O)O)c2sccc2n(Cc2cnn(-c3cccc(Cl)c3)c2)c1=O. The maximum atomic E-state index is 13.3. The molecule has 4 rings (SSSR count). The van der Waals surface area contributed by atoms with Crippen molar-refractivity contribution in [1.82, 2.24) is 14.3 Å². The third-order valence-electron chi connectivity index (χ3n) is 4.84. The molecule has 4 aromatic rings. The summed E-state index contributed by atoms with van der Waals surface area (Å²) < 4.78 is 9.41. The van der Waals surface area contributed by atoms with Crippen LogP contribution < -0.4 is 10.3 Å². The van der Waals surface area contributed by atoms with Crippen LogP contribution in [0.1, 0.15) is 35.7 Å². The molecule has 0 aliphatic carbocycles. The number of thiophene rings is 1. The smallest absolute Gasteiger partial charge is 0.341 e. The van der Waals surface area contributed by atoms with Crippen LogP contribution >= 0.6 is 22.9 Å². The van der Waals surface area contributed by atoms with Crippen LogP contribution in [0.25, 0.3) is 15.9 Å². The average molecular weight is 458 g/mol. The molecule has 0 saturated heterocycles. The molecule has 31 heavy (non-hydrogen) atoms. The molecule has 3 aromatic heterocycles. The van der Waals surface area contributed by atoms with Gasteiger partial charge in [-0.2, -0.15) is 5.10 Å². The number of halogens is 1. The molecule has 0 radical (unpaired) electrons. The van der Waals surface area contributed by atoms with E-state index in [1.54, 1.807) is 39.0 Å². The number of fused-ring (bicyclic) bond motifs is 1. The maximum absolute atomic E-state index is 13.3. The molecule has 0 amide bonds. The van der Waals surface area contributed by atoms with E-state index in [1.165, 1.54) is 11.3 Å². The van der Waals surface area contributed by atoms with Crippen molar-refractivity contribution < 1.29 is 14.6 Å². The van der Waals surface area contributed by atoms with Crippen molar-refractivity contribution in [2.75, 3.05) is 6.61 Å². The Morgan fingerprint density at radius 2 is 2.16 bits per heavy atom. The van der Waals surface area contributed by atoms with E-state index in [2.05, 4.69) is 5.10 Å². The molecular formula is C22H20ClN3O4S. The second kappa shape index (κ2) is 8.95. The lowest BCUT2D eigenvalue weighted by molar-refractivity contribution is 0.0694. The van der Waals surface area contributed by atoms with Crippen LogP contribution in [0.2, 0.25) is 5.02 Å². The summed E-state index contributed by atoms with van der Waals surface area (Å²) in [4.78, 5) is 25.2. The van der Waals surface area contributed by atoms with E-state index < -0.39 is 11.5 Å². The van der Waals surface area contributed by atoms with Crippen molar-refractivity contribution in [3.8, 4) is 11.4 Å². The van der Waals surface area contributed by atoms with Crippen LogP contribution in [-0.4, -0.2) is 32.0 Å². The number of carboxylic acids is 1. The number of rotatable bonds is 8. The maximum Gasteiger partial charge on any atom is 0.341 e. The topological polar surface area (TPSA) is 86.3 Å². The minimum atomic E-state index is -1.17. The fourth-order valence-electron chi connectivity index (χ4n) is 3.33. The van der Waals surface area contributed by atoms with Gasteiger partial charge in [-0.05, 0) is 36.1 Å². The Balaban J connectivity index is 1.77. The van der Waals surface area contributed by atoms with Gasteiger partial charge in [0.1, 0.15) is 5.56 Å². The number of pyridine rings is 1. The second-order valence-electron chi connectivity index (χ2n) is 7.01. The predicted octanol–water partition coefficient (Wildman–Crippen LogP) is 4.83. The molecule has 1 aromatic carbocycles. The summed E-state index contributed by atoms with van der Waals surface area (Å²) in [5.41, 5.74) is 1.62. The number of hydrogen-bond donors (Lipinski definition) is 1. The standard InChI is InChI=1S/C22H20ClN3O4S/c1-2-3-8-30-19-18(22(28)29)20-17(7-9-31-20)25(21(19)27)12-14-11-24-26(13-14)16-6-4-5-15(23)10-16/h4-7,9-11,13H,2-3,8,12H2,1H3,(H,28,29). The Labute approximate surface area is 187 Å². The van der Waals surface area contributed by atoms with Gasteiger partial charge >= 0.3 is 5.97 Å². The highest BCUT2D eigenvalue weighted by molar-refractivity contribution is 7.17. The van der Waals surface area contributed by atoms with Crippen LogP contribution in [0.3, 0.4) is 0 Å². The van der Waals surface area contributed by atoms with Gasteiger partial charge in [-0.15, -0.1) is 11.3 Å². The first-order valence-corrected chi connectivity index (χ1v) is 11.0. The molecule has 7 nitrogen and oxygen atoms in total. The monoisotopic (exact) mass is 457 g/mol. The molecule has 0 saturated carbocycles. The zero-order valence-electron chi connectivity index (χ0n) is 16.7. The van der Waals surface area contributed by atoms with Crippen LogP contribution in [0.15, 0.2) is 52.9 Å². The minimum absolute atomic E-state index is 0.0722. The Morgan fingerprint density at radius 1 is 1.32 bits per heavy atom. The molecule has 160 valence electrons. The fraction of sp³-hybridized carbons (Fsp3) is 0.227. The summed E-state index contributed by atoms with van der Waals surface area (Å²) in [5.74, 6) is -1.28. The first-order valence-electron chi connectivity index (χ1n) is 9.79. The van der Waals surface area contributed by atoms with Gasteiger partial charge in [0.15, 0.2) is 0 Å². The molecule has 0 unspecified atom stereocenters. The predicted molar refractivity (Wildman–Crippen MR) is 121 cm³/mol. The molecule has 0 bridgehead atoms. The van der Waals surface area contributed by atoms with Crippen molar-refractivity contribution in [1.29, 1.82) is 0 Å². The van der Waals surface area contributed by atoms with E-state index in [0.29, 0.717) is 15.2 Å². The first kappa shape index (κ1) is 21.1. The van der Waals surface area contributed by atoms with E-state index in [4.69, 9.17) is 16.3 Å². The number of aromatic carboxylic acids is 1. The molecule has 0 atom stereocenters. The highest BCUT2D eigenvalue weighted by atomic mass is 35.5. The Morgan fingerprint density at radius 3 is 2.90 bits per heavy atom. The van der Waals surface area contributed by atoms with Crippen LogP contribution in [0.4, 0.5) is 0 Å². The van der Waals surface area contributed by atoms with Gasteiger partial charge in [0, 0.05) is 16.8 Å². The Hall–Kier alpha value is -3.10. The summed E-state index contributed by atoms with van der Waals surface area (Å²) in [6.45, 7) is 2.52. The summed E-state index contributed by atoms with van der Waals surface area (Å²) in [6.07, 6.45) is 5.10. The normalized spacial score (nSPS) is 11.2. The Bertz CT molecular complexity index is 1310. The number of hydrogen-bond acceptors (Lipinski definition) is 5. The lowest BCUT2D eigenvalue weighted by Gasteiger charge is -2.14. The van der Waals surface area contributed by atoms with Crippen LogP contribution in [0.5, 0.6) is 5.75 Å². The zero-order chi connectivity index (χ0) is 22.0. The van der Waals surface area contributed by atoms with Crippen LogP contribution in [0, 0.1) is 0 Å². The van der Waals surface area contributed by atoms with Gasteiger partial charge in [0.05, 0.1) is 35.3 Å². The first-order chi connectivity index (χ1) is 15.0. The third kappa shape index (κ3) is 4.22. The summed E-state index contributed by atoms with van der Waals surface area (Å²) in [5, 5.41) is 16.5. The largest absolute Gasteiger partial charge is 0.487 e. The highest BCUT2D eigenvalue weighted by Gasteiger charge is 2.24. The fourth-order valence-corrected chi connectivity index (χ4v) is 4.45. The van der Waals surface area contributed by atoms with E-state index in [0.717, 1.165) is 24.1 Å². The molecule has 9 heteroatoms. The lowest BCUT2D eigenvalue weighted by atomic mass is 10.2. The van der Waals surface area contributed by atoms with Gasteiger partial charge in [0.2, 0.25) is 5.75 Å². The van der Waals surface area contributed by atoms with Crippen molar-refractivity contribution in [2.45, 2.75) is 26.3 Å². The summed E-state index contributed by atoms with van der Waals surface area (Å²) in [7, 11) is 0. The average Bonchev–Trinajstić information content (AvgIpc) is 3.40. The molecule has 0 fully saturated rings. The number of unbranched alkanes of at least 4 members (excludes halogenated alkanes) is 1. The van der Waals surface area contributed by atoms with Gasteiger partial charge < -0.3 is 9.84 Å². The summed E-state index contributed by atoms with van der Waals surface area (Å²) in [6, 6.07) is 9.05. The zero-order valence-corrected chi connectivity index (χ0v) is 18.3. The lowest BCUT2D eigenvalue weighted by Crippen LogP contribution is -2.25. The van der Waals surface area contributed by atoms with Gasteiger partial charge in [-0.25, -0.2) is 9.48 Å². The van der Waals surface area contributed by atoms with Crippen molar-refractivity contribution in [3.63, 3.8) is 0 Å². The molecule has 0 spiro atoms. The van der Waals surface area contributed by atoms with E-state index in [9.17, 15) is 14.7 Å². The van der Waals surface area contributed by atoms with Crippen LogP contribution in [-0.2, 0) is 6.54 Å². The summed E-state index contributed by atoms with van der Waals surface area (Å²) >= 11 is 7.34. The number of ether oxygens (including phenoxy) is 1. The Kier molecular flexibility index (Phi) is 6.11. The quantitative estimate of drug-likeness (QED) is 0.383. The highest BCUT2D eigenvalue weighted by Crippen LogP contribution is 2.30. The third-order valence-corrected chi connectivity index (χ3v) is 5.99. The van der Waals surface area contributed by atoms with Gasteiger partial charge in [-0.3, -0.25) is 9.36 Å². The van der Waals surface area contributed by atoms with Crippen molar-refractivity contribution >= 4 is 39.1 Å². The molecule has 3 heterocycles. The van der Waals surface area contributed by atoms with E-state index in [1.807, 2.05) is 25.3 Å².